The molecule has 1 unspecified atom stereocenters. The molecule has 2 aromatic rings. The van der Waals surface area contributed by atoms with Crippen LogP contribution in [0.1, 0.15) is 22.7 Å². The average molecular weight is 234 g/mol. The summed E-state index contributed by atoms with van der Waals surface area (Å²) in [5, 5.41) is 0. The molecule has 0 aliphatic carbocycles. The molecule has 2 N–H and O–H groups in total. The highest BCUT2D eigenvalue weighted by molar-refractivity contribution is 5.33. The van der Waals surface area contributed by atoms with Crippen LogP contribution in [-0.2, 0) is 0 Å². The molecule has 2 nitrogen and oxygen atoms in total. The molecule has 0 spiro atoms. The number of nitrogens with two attached hydrogens (primary N) is 1. The van der Waals surface area contributed by atoms with E-state index in [0.29, 0.717) is 11.1 Å². The first kappa shape index (κ1) is 11.7. The minimum absolute atomic E-state index is 0.310. The van der Waals surface area contributed by atoms with Crippen molar-refractivity contribution in [1.29, 1.82) is 0 Å². The maximum absolute atomic E-state index is 13.5. The van der Waals surface area contributed by atoms with Crippen LogP contribution >= 0.6 is 0 Å². The Morgan fingerprint density at radius 2 is 2.00 bits per heavy atom. The van der Waals surface area contributed by atoms with Crippen molar-refractivity contribution in [2.45, 2.75) is 13.0 Å². The predicted octanol–water partition coefficient (Wildman–Crippen LogP) is 2.72. The summed E-state index contributed by atoms with van der Waals surface area (Å²) in [5.74, 6) is -0.855. The molecular weight excluding hydrogens is 222 g/mol. The monoisotopic (exact) mass is 234 g/mol. The summed E-state index contributed by atoms with van der Waals surface area (Å²) in [4.78, 5) is 3.65. The van der Waals surface area contributed by atoms with Gasteiger partial charge in [0.05, 0.1) is 12.2 Å². The van der Waals surface area contributed by atoms with E-state index in [2.05, 4.69) is 4.98 Å². The number of aromatic nitrogens is 1. The first-order valence-electron chi connectivity index (χ1n) is 5.20. The SMILES string of the molecule is Cc1cc(F)cc(C(N)c2ccncc2F)c1. The molecular formula is C13H12F2N2. The Bertz CT molecular complexity index is 520. The smallest absolute Gasteiger partial charge is 0.146 e. The van der Waals surface area contributed by atoms with Crippen LogP contribution in [0.15, 0.2) is 36.7 Å². The number of halogens is 2. The lowest BCUT2D eigenvalue weighted by Crippen LogP contribution is -2.14. The second kappa shape index (κ2) is 4.59. The number of hydrogen-bond donors (Lipinski definition) is 1. The van der Waals surface area contributed by atoms with E-state index in [0.717, 1.165) is 11.8 Å². The lowest BCUT2D eigenvalue weighted by atomic mass is 9.98. The fraction of sp³-hybridized carbons (Fsp3) is 0.154. The lowest BCUT2D eigenvalue weighted by molar-refractivity contribution is 0.590. The maximum atomic E-state index is 13.5. The Hall–Kier alpha value is -1.81. The van der Waals surface area contributed by atoms with Crippen LogP contribution in [0.3, 0.4) is 0 Å². The molecule has 0 amide bonds. The van der Waals surface area contributed by atoms with Gasteiger partial charge in [0, 0.05) is 11.8 Å². The van der Waals surface area contributed by atoms with Gasteiger partial charge in [0.2, 0.25) is 0 Å². The second-order valence-corrected chi connectivity index (χ2v) is 3.94. The predicted molar refractivity (Wildman–Crippen MR) is 61.4 cm³/mol. The molecule has 0 aliphatic rings. The van der Waals surface area contributed by atoms with Gasteiger partial charge < -0.3 is 5.73 Å². The third-order valence-electron chi connectivity index (χ3n) is 2.56. The Labute approximate surface area is 98.1 Å². The fourth-order valence-electron chi connectivity index (χ4n) is 1.76. The Morgan fingerprint density at radius 1 is 1.24 bits per heavy atom. The summed E-state index contributed by atoms with van der Waals surface area (Å²) in [6.07, 6.45) is 2.56. The molecule has 1 heterocycles. The van der Waals surface area contributed by atoms with Crippen molar-refractivity contribution < 1.29 is 8.78 Å². The minimum Gasteiger partial charge on any atom is -0.320 e. The van der Waals surface area contributed by atoms with Gasteiger partial charge in [-0.15, -0.1) is 0 Å². The highest BCUT2D eigenvalue weighted by Crippen LogP contribution is 2.23. The molecule has 0 saturated heterocycles. The molecule has 4 heteroatoms. The van der Waals surface area contributed by atoms with Crippen molar-refractivity contribution >= 4 is 0 Å². The van der Waals surface area contributed by atoms with Crippen LogP contribution in [0.5, 0.6) is 0 Å². The molecule has 0 radical (unpaired) electrons. The molecule has 17 heavy (non-hydrogen) atoms. The standard InChI is InChI=1S/C13H12F2N2/c1-8-4-9(6-10(14)5-8)13(16)11-2-3-17-7-12(11)15/h2-7,13H,16H2,1H3. The van der Waals surface area contributed by atoms with Gasteiger partial charge in [0.15, 0.2) is 0 Å². The summed E-state index contributed by atoms with van der Waals surface area (Å²) in [5.41, 5.74) is 7.53. The van der Waals surface area contributed by atoms with E-state index < -0.39 is 11.9 Å². The summed E-state index contributed by atoms with van der Waals surface area (Å²) in [7, 11) is 0. The summed E-state index contributed by atoms with van der Waals surface area (Å²) < 4.78 is 26.7. The molecule has 1 atom stereocenters. The number of rotatable bonds is 2. The molecule has 0 bridgehead atoms. The van der Waals surface area contributed by atoms with Crippen molar-refractivity contribution in [1.82, 2.24) is 4.98 Å². The number of benzene rings is 1. The molecule has 2 rings (SSSR count). The van der Waals surface area contributed by atoms with Crippen molar-refractivity contribution in [2.24, 2.45) is 5.73 Å². The zero-order chi connectivity index (χ0) is 12.4. The average Bonchev–Trinajstić information content (AvgIpc) is 2.27. The zero-order valence-corrected chi connectivity index (χ0v) is 9.32. The summed E-state index contributed by atoms with van der Waals surface area (Å²) >= 11 is 0. The van der Waals surface area contributed by atoms with Crippen LogP contribution < -0.4 is 5.73 Å². The van der Waals surface area contributed by atoms with Gasteiger partial charge in [-0.3, -0.25) is 4.98 Å². The topological polar surface area (TPSA) is 38.9 Å². The Kier molecular flexibility index (Phi) is 3.15. The number of nitrogens with zero attached hydrogens (tertiary/aromatic N) is 1. The second-order valence-electron chi connectivity index (χ2n) is 3.94. The molecule has 1 aromatic carbocycles. The van der Waals surface area contributed by atoms with E-state index in [1.54, 1.807) is 13.0 Å². The first-order chi connectivity index (χ1) is 8.08. The van der Waals surface area contributed by atoms with Crippen LogP contribution in [0.25, 0.3) is 0 Å². The molecule has 0 aliphatic heterocycles. The zero-order valence-electron chi connectivity index (χ0n) is 9.32. The van der Waals surface area contributed by atoms with Gasteiger partial charge in [0.1, 0.15) is 11.6 Å². The van der Waals surface area contributed by atoms with E-state index >= 15 is 0 Å². The largest absolute Gasteiger partial charge is 0.320 e. The lowest BCUT2D eigenvalue weighted by Gasteiger charge is -2.13. The van der Waals surface area contributed by atoms with Gasteiger partial charge in [-0.2, -0.15) is 0 Å². The maximum Gasteiger partial charge on any atom is 0.146 e. The van der Waals surface area contributed by atoms with E-state index in [-0.39, 0.29) is 5.82 Å². The highest BCUT2D eigenvalue weighted by Gasteiger charge is 2.14. The number of aryl methyl sites for hydroxylation is 1. The van der Waals surface area contributed by atoms with Crippen molar-refractivity contribution in [3.63, 3.8) is 0 Å². The van der Waals surface area contributed by atoms with E-state index in [1.165, 1.54) is 24.4 Å². The molecule has 0 saturated carbocycles. The summed E-state index contributed by atoms with van der Waals surface area (Å²) in [6, 6.07) is 5.28. The minimum atomic E-state index is -0.688. The van der Waals surface area contributed by atoms with E-state index in [9.17, 15) is 8.78 Å². The van der Waals surface area contributed by atoms with Crippen molar-refractivity contribution in [3.05, 3.63) is 65.0 Å². The van der Waals surface area contributed by atoms with Gasteiger partial charge in [-0.05, 0) is 36.2 Å². The third kappa shape index (κ3) is 2.47. The van der Waals surface area contributed by atoms with Gasteiger partial charge in [0.25, 0.3) is 0 Å². The molecule has 1 aromatic heterocycles. The van der Waals surface area contributed by atoms with E-state index in [1.807, 2.05) is 0 Å². The number of hydrogen-bond acceptors (Lipinski definition) is 2. The summed E-state index contributed by atoms with van der Waals surface area (Å²) in [6.45, 7) is 1.77. The van der Waals surface area contributed by atoms with Gasteiger partial charge >= 0.3 is 0 Å². The van der Waals surface area contributed by atoms with Crippen molar-refractivity contribution in [2.75, 3.05) is 0 Å². The first-order valence-corrected chi connectivity index (χ1v) is 5.20. The normalized spacial score (nSPS) is 12.5. The highest BCUT2D eigenvalue weighted by atomic mass is 19.1. The Morgan fingerprint density at radius 3 is 2.65 bits per heavy atom. The van der Waals surface area contributed by atoms with Gasteiger partial charge in [-0.25, -0.2) is 8.78 Å². The van der Waals surface area contributed by atoms with Gasteiger partial charge in [-0.1, -0.05) is 6.07 Å². The van der Waals surface area contributed by atoms with Crippen molar-refractivity contribution in [3.8, 4) is 0 Å². The van der Waals surface area contributed by atoms with Crippen LogP contribution in [0.4, 0.5) is 8.78 Å². The fourth-order valence-corrected chi connectivity index (χ4v) is 1.76. The Balaban J connectivity index is 2.43. The van der Waals surface area contributed by atoms with Crippen LogP contribution in [-0.4, -0.2) is 4.98 Å². The molecule has 0 fully saturated rings. The molecule has 88 valence electrons. The number of pyridine rings is 1. The van der Waals surface area contributed by atoms with E-state index in [4.69, 9.17) is 5.73 Å². The van der Waals surface area contributed by atoms with Crippen LogP contribution in [0, 0.1) is 18.6 Å². The van der Waals surface area contributed by atoms with Crippen LogP contribution in [0.2, 0.25) is 0 Å². The quantitative estimate of drug-likeness (QED) is 0.867. The third-order valence-corrected chi connectivity index (χ3v) is 2.56.